The first kappa shape index (κ1) is 13.8. The van der Waals surface area contributed by atoms with Gasteiger partial charge in [-0.05, 0) is 56.3 Å². The highest BCUT2D eigenvalue weighted by atomic mass is 16.3. The molecular weight excluding hydrogens is 280 g/mol. The number of aliphatic hydroxyl groups is 2. The second-order valence-corrected chi connectivity index (χ2v) is 9.30. The van der Waals surface area contributed by atoms with Gasteiger partial charge in [0.15, 0.2) is 0 Å². The van der Waals surface area contributed by atoms with Crippen LogP contribution in [0.2, 0.25) is 0 Å². The first-order valence-electron chi connectivity index (χ1n) is 8.79. The number of rotatable bonds is 2. The van der Waals surface area contributed by atoms with Gasteiger partial charge in [-0.2, -0.15) is 0 Å². The average molecular weight is 306 g/mol. The minimum atomic E-state index is -0.806. The maximum absolute atomic E-state index is 12.9. The fourth-order valence-electron chi connectivity index (χ4n) is 6.79. The molecule has 5 heteroatoms. The minimum absolute atomic E-state index is 0.0568. The summed E-state index contributed by atoms with van der Waals surface area (Å²) < 4.78 is 0. The highest BCUT2D eigenvalue weighted by Crippen LogP contribution is 2.64. The van der Waals surface area contributed by atoms with Gasteiger partial charge in [-0.15, -0.1) is 0 Å². The number of carbonyl (C=O) groups is 1. The maximum Gasteiger partial charge on any atom is 0.240 e. The summed E-state index contributed by atoms with van der Waals surface area (Å²) in [5, 5.41) is 21.7. The molecule has 1 heterocycles. The average Bonchev–Trinajstić information content (AvgIpc) is 2.99. The van der Waals surface area contributed by atoms with Crippen LogP contribution in [-0.4, -0.2) is 51.4 Å². The first-order chi connectivity index (χ1) is 10.3. The van der Waals surface area contributed by atoms with Gasteiger partial charge in [0.1, 0.15) is 0 Å². The maximum atomic E-state index is 12.9. The van der Waals surface area contributed by atoms with Crippen LogP contribution < -0.4 is 5.73 Å². The van der Waals surface area contributed by atoms with Gasteiger partial charge in [-0.3, -0.25) is 4.79 Å². The van der Waals surface area contributed by atoms with E-state index in [1.165, 1.54) is 6.42 Å². The number of hydrogen-bond donors (Lipinski definition) is 3. The second-order valence-electron chi connectivity index (χ2n) is 9.30. The van der Waals surface area contributed by atoms with Gasteiger partial charge in [0.25, 0.3) is 0 Å². The highest BCUT2D eigenvalue weighted by Gasteiger charge is 2.65. The van der Waals surface area contributed by atoms with E-state index in [0.717, 1.165) is 32.4 Å². The number of carbonyl (C=O) groups excluding carboxylic acids is 1. The van der Waals surface area contributed by atoms with Crippen molar-refractivity contribution in [3.63, 3.8) is 0 Å². The SMILES string of the molecule is N[C@H](C(=O)N1CC2CC2C1)C12CC3CC(O)(CC(O)(C3)C1)C2. The Kier molecular flexibility index (Phi) is 2.42. The van der Waals surface area contributed by atoms with Crippen molar-refractivity contribution in [3.05, 3.63) is 0 Å². The summed E-state index contributed by atoms with van der Waals surface area (Å²) in [4.78, 5) is 14.8. The van der Waals surface area contributed by atoms with Crippen molar-refractivity contribution in [2.75, 3.05) is 13.1 Å². The van der Waals surface area contributed by atoms with Crippen LogP contribution in [-0.2, 0) is 4.79 Å². The van der Waals surface area contributed by atoms with Gasteiger partial charge >= 0.3 is 0 Å². The molecule has 0 aromatic rings. The van der Waals surface area contributed by atoms with E-state index in [1.54, 1.807) is 0 Å². The molecule has 1 amide bonds. The molecule has 6 aliphatic rings. The molecule has 5 atom stereocenters. The number of nitrogens with zero attached hydrogens (tertiary/aromatic N) is 1. The number of fused-ring (bicyclic) bond motifs is 1. The molecule has 0 aromatic heterocycles. The van der Waals surface area contributed by atoms with E-state index in [-0.39, 0.29) is 5.91 Å². The van der Waals surface area contributed by atoms with Crippen molar-refractivity contribution in [1.29, 1.82) is 0 Å². The van der Waals surface area contributed by atoms with Crippen LogP contribution in [0.5, 0.6) is 0 Å². The number of piperidine rings is 1. The van der Waals surface area contributed by atoms with Crippen molar-refractivity contribution < 1.29 is 15.0 Å². The molecule has 4 bridgehead atoms. The third-order valence-corrected chi connectivity index (χ3v) is 7.27. The van der Waals surface area contributed by atoms with Crippen LogP contribution >= 0.6 is 0 Å². The summed E-state index contributed by atoms with van der Waals surface area (Å²) in [5.74, 6) is 1.79. The molecule has 5 aliphatic carbocycles. The Morgan fingerprint density at radius 3 is 2.18 bits per heavy atom. The van der Waals surface area contributed by atoms with Gasteiger partial charge in [0, 0.05) is 24.9 Å². The van der Waals surface area contributed by atoms with Crippen molar-refractivity contribution in [3.8, 4) is 0 Å². The minimum Gasteiger partial charge on any atom is -0.390 e. The molecule has 6 rings (SSSR count). The van der Waals surface area contributed by atoms with Crippen molar-refractivity contribution >= 4 is 5.91 Å². The van der Waals surface area contributed by atoms with Crippen LogP contribution in [0.25, 0.3) is 0 Å². The van der Waals surface area contributed by atoms with Crippen LogP contribution in [0, 0.1) is 23.2 Å². The lowest BCUT2D eigenvalue weighted by molar-refractivity contribution is -0.234. The molecule has 1 aliphatic heterocycles. The first-order valence-corrected chi connectivity index (χ1v) is 8.79. The molecule has 4 N–H and O–H groups in total. The summed E-state index contributed by atoms with van der Waals surface area (Å²) in [6, 6.07) is -0.563. The zero-order valence-corrected chi connectivity index (χ0v) is 13.0. The predicted octanol–water partition coefficient (Wildman–Crippen LogP) is 0.238. The Morgan fingerprint density at radius 2 is 1.64 bits per heavy atom. The van der Waals surface area contributed by atoms with E-state index in [0.29, 0.717) is 37.0 Å². The van der Waals surface area contributed by atoms with Crippen molar-refractivity contribution in [2.45, 2.75) is 62.2 Å². The molecule has 122 valence electrons. The third-order valence-electron chi connectivity index (χ3n) is 7.27. The van der Waals surface area contributed by atoms with E-state index < -0.39 is 22.7 Å². The largest absolute Gasteiger partial charge is 0.390 e. The summed E-state index contributed by atoms with van der Waals surface area (Å²) in [5.41, 5.74) is 4.45. The highest BCUT2D eigenvalue weighted by molar-refractivity contribution is 5.83. The molecule has 22 heavy (non-hydrogen) atoms. The lowest BCUT2D eigenvalue weighted by atomic mass is 9.44. The molecule has 4 unspecified atom stereocenters. The fourth-order valence-corrected chi connectivity index (χ4v) is 6.79. The predicted molar refractivity (Wildman–Crippen MR) is 79.7 cm³/mol. The van der Waals surface area contributed by atoms with Gasteiger partial charge in [0.2, 0.25) is 5.91 Å². The molecule has 0 aromatic carbocycles. The smallest absolute Gasteiger partial charge is 0.240 e. The Labute approximate surface area is 130 Å². The van der Waals surface area contributed by atoms with Crippen LogP contribution in [0.1, 0.15) is 44.9 Å². The Morgan fingerprint density at radius 1 is 1.05 bits per heavy atom. The van der Waals surface area contributed by atoms with Crippen molar-refractivity contribution in [2.24, 2.45) is 28.9 Å². The second kappa shape index (κ2) is 3.87. The topological polar surface area (TPSA) is 86.8 Å². The lowest BCUT2D eigenvalue weighted by Gasteiger charge is -2.64. The van der Waals surface area contributed by atoms with Crippen LogP contribution in [0.15, 0.2) is 0 Å². The molecule has 0 radical (unpaired) electrons. The van der Waals surface area contributed by atoms with Gasteiger partial charge in [-0.25, -0.2) is 0 Å². The quantitative estimate of drug-likeness (QED) is 0.682. The summed E-state index contributed by atoms with van der Waals surface area (Å²) in [6.45, 7) is 1.73. The normalized spacial score (nSPS) is 56.1. The lowest BCUT2D eigenvalue weighted by Crippen LogP contribution is -2.69. The Bertz CT molecular complexity index is 522. The zero-order chi connectivity index (χ0) is 15.3. The van der Waals surface area contributed by atoms with Crippen LogP contribution in [0.3, 0.4) is 0 Å². The summed E-state index contributed by atoms with van der Waals surface area (Å²) >= 11 is 0. The van der Waals surface area contributed by atoms with Gasteiger partial charge in [-0.1, -0.05) is 0 Å². The number of nitrogens with two attached hydrogens (primary N) is 1. The molecule has 1 saturated heterocycles. The number of likely N-dealkylation sites (tertiary alicyclic amines) is 1. The van der Waals surface area contributed by atoms with Crippen LogP contribution in [0.4, 0.5) is 0 Å². The number of amides is 1. The standard InChI is InChI=1S/C17H26N2O3/c18-13(14(20)19-5-11-1-12(11)6-19)15-2-10-3-16(21,7-15)9-17(22,4-10)8-15/h10-13,21-22H,1-9,18H2/t10?,11?,12?,13-,15?,16?,17?/m1/s1. The Balaban J connectivity index is 1.42. The number of hydrogen-bond acceptors (Lipinski definition) is 4. The van der Waals surface area contributed by atoms with Gasteiger partial charge < -0.3 is 20.8 Å². The molecule has 0 spiro atoms. The summed E-state index contributed by atoms with van der Waals surface area (Å²) in [6.07, 6.45) is 5.35. The van der Waals surface area contributed by atoms with Crippen molar-refractivity contribution in [1.82, 2.24) is 4.90 Å². The summed E-state index contributed by atoms with van der Waals surface area (Å²) in [7, 11) is 0. The van der Waals surface area contributed by atoms with E-state index in [4.69, 9.17) is 5.73 Å². The fraction of sp³-hybridized carbons (Fsp3) is 0.941. The Hall–Kier alpha value is -0.650. The monoisotopic (exact) mass is 306 g/mol. The van der Waals surface area contributed by atoms with E-state index in [1.807, 2.05) is 4.90 Å². The molecule has 6 fully saturated rings. The van der Waals surface area contributed by atoms with E-state index in [2.05, 4.69) is 0 Å². The third kappa shape index (κ3) is 1.79. The van der Waals surface area contributed by atoms with E-state index >= 15 is 0 Å². The molecule has 5 nitrogen and oxygen atoms in total. The van der Waals surface area contributed by atoms with E-state index in [9.17, 15) is 15.0 Å². The van der Waals surface area contributed by atoms with Gasteiger partial charge in [0.05, 0.1) is 17.2 Å². The molecule has 5 saturated carbocycles. The zero-order valence-electron chi connectivity index (χ0n) is 13.0. The molecular formula is C17H26N2O3.